The Labute approximate surface area is 167 Å². The van der Waals surface area contributed by atoms with Gasteiger partial charge in [0.25, 0.3) is 15.9 Å². The van der Waals surface area contributed by atoms with E-state index < -0.39 is 10.0 Å². The SMILES string of the molecule is CCCCCC(C)NC(=O)c1ccc(S(=O)(=O)Nc2ccccc2OC)cc1. The first-order chi connectivity index (χ1) is 13.4. The van der Waals surface area contributed by atoms with E-state index in [1.165, 1.54) is 31.4 Å². The summed E-state index contributed by atoms with van der Waals surface area (Å²) >= 11 is 0. The molecule has 28 heavy (non-hydrogen) atoms. The van der Waals surface area contributed by atoms with Gasteiger partial charge in [0.05, 0.1) is 17.7 Å². The molecule has 6 nitrogen and oxygen atoms in total. The van der Waals surface area contributed by atoms with E-state index in [4.69, 9.17) is 4.74 Å². The molecule has 1 atom stereocenters. The summed E-state index contributed by atoms with van der Waals surface area (Å²) < 4.78 is 32.9. The minimum absolute atomic E-state index is 0.0750. The van der Waals surface area contributed by atoms with Gasteiger partial charge in [0, 0.05) is 11.6 Å². The Bertz CT molecular complexity index is 880. The zero-order valence-corrected chi connectivity index (χ0v) is 17.4. The van der Waals surface area contributed by atoms with E-state index in [0.717, 1.165) is 25.7 Å². The van der Waals surface area contributed by atoms with Crippen LogP contribution in [0.15, 0.2) is 53.4 Å². The van der Waals surface area contributed by atoms with Gasteiger partial charge in [0.1, 0.15) is 5.75 Å². The number of sulfonamides is 1. The quantitative estimate of drug-likeness (QED) is 0.582. The highest BCUT2D eigenvalue weighted by molar-refractivity contribution is 7.92. The monoisotopic (exact) mass is 404 g/mol. The van der Waals surface area contributed by atoms with Crippen LogP contribution in [-0.4, -0.2) is 27.5 Å². The minimum Gasteiger partial charge on any atom is -0.495 e. The van der Waals surface area contributed by atoms with Crippen molar-refractivity contribution in [3.8, 4) is 5.75 Å². The van der Waals surface area contributed by atoms with E-state index >= 15 is 0 Å². The van der Waals surface area contributed by atoms with E-state index in [2.05, 4.69) is 17.0 Å². The van der Waals surface area contributed by atoms with Crippen LogP contribution in [0.1, 0.15) is 49.9 Å². The maximum absolute atomic E-state index is 12.6. The first kappa shape index (κ1) is 21.8. The molecule has 2 rings (SSSR count). The Kier molecular flexibility index (Phi) is 7.87. The maximum atomic E-state index is 12.6. The van der Waals surface area contributed by atoms with Crippen LogP contribution in [0, 0.1) is 0 Å². The zero-order valence-electron chi connectivity index (χ0n) is 16.6. The molecule has 0 radical (unpaired) electrons. The average Bonchev–Trinajstić information content (AvgIpc) is 2.68. The highest BCUT2D eigenvalue weighted by Crippen LogP contribution is 2.26. The molecular weight excluding hydrogens is 376 g/mol. The molecule has 1 unspecified atom stereocenters. The molecule has 1 amide bonds. The predicted molar refractivity (Wildman–Crippen MR) is 111 cm³/mol. The van der Waals surface area contributed by atoms with E-state index in [9.17, 15) is 13.2 Å². The van der Waals surface area contributed by atoms with Gasteiger partial charge >= 0.3 is 0 Å². The third kappa shape index (κ3) is 5.99. The molecule has 0 bridgehead atoms. The number of hydrogen-bond donors (Lipinski definition) is 2. The molecule has 0 heterocycles. The molecule has 2 aromatic carbocycles. The molecule has 2 N–H and O–H groups in total. The topological polar surface area (TPSA) is 84.5 Å². The number of benzene rings is 2. The second-order valence-electron chi connectivity index (χ2n) is 6.70. The molecule has 0 aliphatic carbocycles. The van der Waals surface area contributed by atoms with Crippen molar-refractivity contribution in [1.82, 2.24) is 5.32 Å². The molecule has 0 saturated carbocycles. The molecular formula is C21H28N2O4S. The van der Waals surface area contributed by atoms with Gasteiger partial charge < -0.3 is 10.1 Å². The fraction of sp³-hybridized carbons (Fsp3) is 0.381. The summed E-state index contributed by atoms with van der Waals surface area (Å²) in [5, 5.41) is 2.95. The number of anilines is 1. The lowest BCUT2D eigenvalue weighted by Crippen LogP contribution is -2.32. The molecule has 0 aliphatic heterocycles. The third-order valence-corrected chi connectivity index (χ3v) is 5.78. The Morgan fingerprint density at radius 3 is 2.39 bits per heavy atom. The number of amides is 1. The first-order valence-corrected chi connectivity index (χ1v) is 10.9. The lowest BCUT2D eigenvalue weighted by molar-refractivity contribution is 0.0938. The fourth-order valence-electron chi connectivity index (χ4n) is 2.80. The van der Waals surface area contributed by atoms with Crippen molar-refractivity contribution >= 4 is 21.6 Å². The molecule has 0 aromatic heterocycles. The number of carbonyl (C=O) groups is 1. The Morgan fingerprint density at radius 1 is 1.07 bits per heavy atom. The van der Waals surface area contributed by atoms with E-state index in [1.54, 1.807) is 24.3 Å². The lowest BCUT2D eigenvalue weighted by Gasteiger charge is -2.14. The minimum atomic E-state index is -3.79. The Morgan fingerprint density at radius 2 is 1.75 bits per heavy atom. The summed E-state index contributed by atoms with van der Waals surface area (Å²) in [7, 11) is -2.31. The molecule has 152 valence electrons. The smallest absolute Gasteiger partial charge is 0.262 e. The van der Waals surface area contributed by atoms with Crippen LogP contribution in [-0.2, 0) is 10.0 Å². The van der Waals surface area contributed by atoms with Crippen LogP contribution >= 0.6 is 0 Å². The molecule has 7 heteroatoms. The largest absolute Gasteiger partial charge is 0.495 e. The van der Waals surface area contributed by atoms with Gasteiger partial charge in [-0.05, 0) is 49.7 Å². The van der Waals surface area contributed by atoms with Crippen LogP contribution in [0.3, 0.4) is 0 Å². The van der Waals surface area contributed by atoms with Gasteiger partial charge in [0.15, 0.2) is 0 Å². The first-order valence-electron chi connectivity index (χ1n) is 9.44. The molecule has 0 spiro atoms. The van der Waals surface area contributed by atoms with Crippen molar-refractivity contribution in [3.63, 3.8) is 0 Å². The standard InChI is InChI=1S/C21H28N2O4S/c1-4-5-6-9-16(2)22-21(24)17-12-14-18(15-13-17)28(25,26)23-19-10-7-8-11-20(19)27-3/h7-8,10-16,23H,4-6,9H2,1-3H3,(H,22,24). The van der Waals surface area contributed by atoms with Crippen molar-refractivity contribution in [3.05, 3.63) is 54.1 Å². The number of carbonyl (C=O) groups excluding carboxylic acids is 1. The second-order valence-corrected chi connectivity index (χ2v) is 8.38. The highest BCUT2D eigenvalue weighted by Gasteiger charge is 2.17. The summed E-state index contributed by atoms with van der Waals surface area (Å²) in [5.74, 6) is 0.227. The van der Waals surface area contributed by atoms with Crippen LogP contribution in [0.25, 0.3) is 0 Å². The summed E-state index contributed by atoms with van der Waals surface area (Å²) in [5.41, 5.74) is 0.784. The second kappa shape index (κ2) is 10.1. The normalized spacial score (nSPS) is 12.2. The van der Waals surface area contributed by atoms with Gasteiger partial charge in [-0.3, -0.25) is 9.52 Å². The van der Waals surface area contributed by atoms with Gasteiger partial charge in [-0.1, -0.05) is 38.3 Å². The highest BCUT2D eigenvalue weighted by atomic mass is 32.2. The summed E-state index contributed by atoms with van der Waals surface area (Å²) in [6.45, 7) is 4.12. The van der Waals surface area contributed by atoms with Crippen LogP contribution < -0.4 is 14.8 Å². The average molecular weight is 405 g/mol. The zero-order chi connectivity index (χ0) is 20.6. The third-order valence-electron chi connectivity index (χ3n) is 4.40. The number of para-hydroxylation sites is 2. The molecule has 0 fully saturated rings. The number of nitrogens with one attached hydrogen (secondary N) is 2. The van der Waals surface area contributed by atoms with Gasteiger partial charge in [-0.2, -0.15) is 0 Å². The van der Waals surface area contributed by atoms with E-state index in [-0.39, 0.29) is 16.8 Å². The van der Waals surface area contributed by atoms with Gasteiger partial charge in [0.2, 0.25) is 0 Å². The van der Waals surface area contributed by atoms with Crippen LogP contribution in [0.2, 0.25) is 0 Å². The summed E-state index contributed by atoms with van der Waals surface area (Å²) in [6, 6.07) is 12.7. The molecule has 2 aromatic rings. The number of rotatable bonds is 10. The Hall–Kier alpha value is -2.54. The molecule has 0 aliphatic rings. The molecule has 0 saturated heterocycles. The van der Waals surface area contributed by atoms with Crippen molar-refractivity contribution in [2.45, 2.75) is 50.5 Å². The van der Waals surface area contributed by atoms with Crippen molar-refractivity contribution in [2.75, 3.05) is 11.8 Å². The lowest BCUT2D eigenvalue weighted by atomic mass is 10.1. The number of ether oxygens (including phenoxy) is 1. The Balaban J connectivity index is 2.05. The van der Waals surface area contributed by atoms with Crippen molar-refractivity contribution in [1.29, 1.82) is 0 Å². The van der Waals surface area contributed by atoms with Crippen LogP contribution in [0.5, 0.6) is 5.75 Å². The number of hydrogen-bond acceptors (Lipinski definition) is 4. The van der Waals surface area contributed by atoms with Crippen molar-refractivity contribution < 1.29 is 17.9 Å². The van der Waals surface area contributed by atoms with E-state index in [0.29, 0.717) is 17.0 Å². The van der Waals surface area contributed by atoms with Crippen LogP contribution in [0.4, 0.5) is 5.69 Å². The summed E-state index contributed by atoms with van der Waals surface area (Å²) in [6.07, 6.45) is 4.28. The van der Waals surface area contributed by atoms with Crippen molar-refractivity contribution in [2.24, 2.45) is 0 Å². The van der Waals surface area contributed by atoms with Gasteiger partial charge in [-0.25, -0.2) is 8.42 Å². The fourth-order valence-corrected chi connectivity index (χ4v) is 3.87. The summed E-state index contributed by atoms with van der Waals surface area (Å²) in [4.78, 5) is 12.4. The predicted octanol–water partition coefficient (Wildman–Crippen LogP) is 4.19. The number of methoxy groups -OCH3 is 1. The van der Waals surface area contributed by atoms with Gasteiger partial charge in [-0.15, -0.1) is 0 Å². The number of unbranched alkanes of at least 4 members (excludes halogenated alkanes) is 2. The van der Waals surface area contributed by atoms with E-state index in [1.807, 2.05) is 6.92 Å². The maximum Gasteiger partial charge on any atom is 0.262 e.